The fourth-order valence-electron chi connectivity index (χ4n) is 2.76. The molecule has 0 radical (unpaired) electrons. The molecule has 1 atom stereocenters. The van der Waals surface area contributed by atoms with Crippen LogP contribution < -0.4 is 0 Å². The summed E-state index contributed by atoms with van der Waals surface area (Å²) in [5.41, 5.74) is 3.51. The van der Waals surface area contributed by atoms with Crippen LogP contribution in [0.2, 0.25) is 0 Å². The lowest BCUT2D eigenvalue weighted by molar-refractivity contribution is 0.0282. The number of rotatable bonds is 4. The van der Waals surface area contributed by atoms with Gasteiger partial charge < -0.3 is 9.84 Å². The van der Waals surface area contributed by atoms with Crippen LogP contribution in [0.4, 0.5) is 0 Å². The molecule has 1 aliphatic rings. The minimum atomic E-state index is -1.01. The van der Waals surface area contributed by atoms with Gasteiger partial charge in [-0.3, -0.25) is 0 Å². The van der Waals surface area contributed by atoms with E-state index in [9.17, 15) is 4.79 Å². The summed E-state index contributed by atoms with van der Waals surface area (Å²) in [7, 11) is 0. The van der Waals surface area contributed by atoms with E-state index < -0.39 is 5.97 Å². The zero-order valence-electron chi connectivity index (χ0n) is 11.7. The molecule has 108 valence electrons. The first-order valence-corrected chi connectivity index (χ1v) is 7.11. The Bertz CT molecular complexity index is 654. The van der Waals surface area contributed by atoms with Crippen LogP contribution in [0.25, 0.3) is 0 Å². The molecule has 0 fully saturated rings. The van der Waals surface area contributed by atoms with E-state index in [1.54, 1.807) is 12.1 Å². The molecule has 1 aliphatic carbocycles. The molecule has 2 aromatic rings. The second-order valence-electron chi connectivity index (χ2n) is 5.25. The normalized spacial score (nSPS) is 17.2. The number of hydrogen-bond donors (Lipinski definition) is 1. The molecule has 0 saturated carbocycles. The van der Waals surface area contributed by atoms with E-state index >= 15 is 0 Å². The fourth-order valence-corrected chi connectivity index (χ4v) is 2.76. The number of aromatic carboxylic acids is 1. The first kappa shape index (κ1) is 13.8. The summed E-state index contributed by atoms with van der Waals surface area (Å²) in [6.45, 7) is 0.405. The predicted molar refractivity (Wildman–Crippen MR) is 78.1 cm³/mol. The molecule has 1 unspecified atom stereocenters. The molecular weight excluding hydrogens is 266 g/mol. The van der Waals surface area contributed by atoms with Crippen LogP contribution in [0.3, 0.4) is 0 Å². The molecule has 4 nitrogen and oxygen atoms in total. The molecule has 0 spiro atoms. The van der Waals surface area contributed by atoms with Crippen molar-refractivity contribution in [1.82, 2.24) is 4.98 Å². The zero-order valence-corrected chi connectivity index (χ0v) is 11.7. The van der Waals surface area contributed by atoms with Crippen LogP contribution in [0, 0.1) is 0 Å². The Balaban J connectivity index is 1.71. The van der Waals surface area contributed by atoms with Crippen molar-refractivity contribution in [1.29, 1.82) is 0 Å². The molecule has 1 N–H and O–H groups in total. The summed E-state index contributed by atoms with van der Waals surface area (Å²) >= 11 is 0. The van der Waals surface area contributed by atoms with Crippen LogP contribution in [0.1, 0.15) is 46.1 Å². The Morgan fingerprint density at radius 2 is 2.19 bits per heavy atom. The fraction of sp³-hybridized carbons (Fsp3) is 0.294. The highest BCUT2D eigenvalue weighted by Gasteiger charge is 2.20. The van der Waals surface area contributed by atoms with E-state index in [0.29, 0.717) is 6.61 Å². The van der Waals surface area contributed by atoms with E-state index in [1.165, 1.54) is 17.3 Å². The van der Waals surface area contributed by atoms with E-state index in [4.69, 9.17) is 9.84 Å². The Morgan fingerprint density at radius 3 is 3.05 bits per heavy atom. The van der Waals surface area contributed by atoms with Crippen LogP contribution in [0.5, 0.6) is 0 Å². The van der Waals surface area contributed by atoms with Gasteiger partial charge in [0, 0.05) is 6.20 Å². The van der Waals surface area contributed by atoms with Crippen LogP contribution in [-0.2, 0) is 17.8 Å². The van der Waals surface area contributed by atoms with Gasteiger partial charge in [-0.1, -0.05) is 24.3 Å². The van der Waals surface area contributed by atoms with Gasteiger partial charge in [0.25, 0.3) is 0 Å². The Hall–Kier alpha value is -2.20. The monoisotopic (exact) mass is 283 g/mol. The summed E-state index contributed by atoms with van der Waals surface area (Å²) in [5, 5.41) is 8.95. The van der Waals surface area contributed by atoms with Gasteiger partial charge in [0.15, 0.2) is 0 Å². The molecular formula is C17H17NO3. The Labute approximate surface area is 123 Å². The summed E-state index contributed by atoms with van der Waals surface area (Å²) in [4.78, 5) is 14.7. The molecule has 1 aromatic heterocycles. The summed E-state index contributed by atoms with van der Waals surface area (Å²) in [6, 6.07) is 11.7. The van der Waals surface area contributed by atoms with Gasteiger partial charge in [-0.25, -0.2) is 9.78 Å². The van der Waals surface area contributed by atoms with Crippen LogP contribution >= 0.6 is 0 Å². The number of pyridine rings is 1. The third kappa shape index (κ3) is 3.11. The van der Waals surface area contributed by atoms with E-state index in [1.807, 2.05) is 6.07 Å². The average Bonchev–Trinajstić information content (AvgIpc) is 2.53. The van der Waals surface area contributed by atoms with Gasteiger partial charge >= 0.3 is 5.97 Å². The van der Waals surface area contributed by atoms with Crippen LogP contribution in [-0.4, -0.2) is 16.1 Å². The van der Waals surface area contributed by atoms with Gasteiger partial charge in [-0.15, -0.1) is 0 Å². The van der Waals surface area contributed by atoms with Gasteiger partial charge in [0.1, 0.15) is 5.69 Å². The number of aryl methyl sites for hydroxylation is 1. The van der Waals surface area contributed by atoms with Crippen LogP contribution in [0.15, 0.2) is 42.6 Å². The number of ether oxygens (including phenoxy) is 1. The number of fused-ring (bicyclic) bond motifs is 1. The number of aromatic nitrogens is 1. The molecule has 21 heavy (non-hydrogen) atoms. The number of carboxylic acid groups (broad SMARTS) is 1. The maximum atomic E-state index is 10.9. The third-order valence-electron chi connectivity index (χ3n) is 3.81. The van der Waals surface area contributed by atoms with Crippen molar-refractivity contribution in [2.75, 3.05) is 0 Å². The van der Waals surface area contributed by atoms with Crippen molar-refractivity contribution in [3.8, 4) is 0 Å². The highest BCUT2D eigenvalue weighted by Crippen LogP contribution is 2.32. The number of hydrogen-bond acceptors (Lipinski definition) is 3. The largest absolute Gasteiger partial charge is 0.477 e. The van der Waals surface area contributed by atoms with Gasteiger partial charge in [-0.05, 0) is 48.1 Å². The molecule has 0 amide bonds. The number of nitrogens with zero attached hydrogens (tertiary/aromatic N) is 1. The van der Waals surface area contributed by atoms with Gasteiger partial charge in [-0.2, -0.15) is 0 Å². The second-order valence-corrected chi connectivity index (χ2v) is 5.25. The van der Waals surface area contributed by atoms with Gasteiger partial charge in [0.2, 0.25) is 0 Å². The molecule has 4 heteroatoms. The maximum Gasteiger partial charge on any atom is 0.354 e. The zero-order chi connectivity index (χ0) is 14.7. The minimum absolute atomic E-state index is 0.0557. The molecule has 3 rings (SSSR count). The molecule has 0 bridgehead atoms. The summed E-state index contributed by atoms with van der Waals surface area (Å²) in [6.07, 6.45) is 4.84. The summed E-state index contributed by atoms with van der Waals surface area (Å²) in [5.74, 6) is -1.01. The van der Waals surface area contributed by atoms with Crippen molar-refractivity contribution in [2.45, 2.75) is 32.0 Å². The van der Waals surface area contributed by atoms with Crippen molar-refractivity contribution in [3.63, 3.8) is 0 Å². The lowest BCUT2D eigenvalue weighted by atomic mass is 9.89. The second kappa shape index (κ2) is 6.06. The lowest BCUT2D eigenvalue weighted by Crippen LogP contribution is -2.13. The smallest absolute Gasteiger partial charge is 0.354 e. The van der Waals surface area contributed by atoms with Crippen molar-refractivity contribution < 1.29 is 14.6 Å². The SMILES string of the molecule is O=C(O)c1cc(COC2CCCc3ccccc32)ccn1. The topological polar surface area (TPSA) is 59.4 Å². The molecule has 1 heterocycles. The molecule has 0 aliphatic heterocycles. The minimum Gasteiger partial charge on any atom is -0.477 e. The van der Waals surface area contributed by atoms with E-state index in [2.05, 4.69) is 23.2 Å². The first-order chi connectivity index (χ1) is 10.2. The van der Waals surface area contributed by atoms with E-state index in [0.717, 1.165) is 24.8 Å². The van der Waals surface area contributed by atoms with Crippen molar-refractivity contribution in [2.24, 2.45) is 0 Å². The summed E-state index contributed by atoms with van der Waals surface area (Å²) < 4.78 is 6.01. The third-order valence-corrected chi connectivity index (χ3v) is 3.81. The Kier molecular flexibility index (Phi) is 3.97. The van der Waals surface area contributed by atoms with Crippen molar-refractivity contribution >= 4 is 5.97 Å². The predicted octanol–water partition coefficient (Wildman–Crippen LogP) is 3.37. The highest BCUT2D eigenvalue weighted by atomic mass is 16.5. The molecule has 0 saturated heterocycles. The highest BCUT2D eigenvalue weighted by molar-refractivity contribution is 5.85. The number of carbonyl (C=O) groups is 1. The van der Waals surface area contributed by atoms with Crippen molar-refractivity contribution in [3.05, 3.63) is 65.0 Å². The maximum absolute atomic E-state index is 10.9. The number of benzene rings is 1. The average molecular weight is 283 g/mol. The van der Waals surface area contributed by atoms with E-state index in [-0.39, 0.29) is 11.8 Å². The lowest BCUT2D eigenvalue weighted by Gasteiger charge is -2.25. The molecule has 1 aromatic carbocycles. The quantitative estimate of drug-likeness (QED) is 0.934. The standard InChI is InChI=1S/C17H17NO3/c19-17(20)15-10-12(8-9-18-15)11-21-16-7-3-5-13-4-1-2-6-14(13)16/h1-2,4,6,8-10,16H,3,5,7,11H2,(H,19,20). The van der Waals surface area contributed by atoms with Gasteiger partial charge in [0.05, 0.1) is 12.7 Å². The number of carboxylic acids is 1. The Morgan fingerprint density at radius 1 is 1.33 bits per heavy atom. The first-order valence-electron chi connectivity index (χ1n) is 7.11.